The zero-order valence-corrected chi connectivity index (χ0v) is 11.3. The second-order valence-electron chi connectivity index (χ2n) is 5.98. The molecular weight excluding hydrogens is 244 g/mol. The molecule has 2 fully saturated rings. The molecule has 1 aromatic rings. The van der Waals surface area contributed by atoms with Crippen LogP contribution in [0, 0.1) is 17.8 Å². The topological polar surface area (TPSA) is 17.1 Å². The highest BCUT2D eigenvalue weighted by Gasteiger charge is 2.39. The molecule has 0 aromatic heterocycles. The lowest BCUT2D eigenvalue weighted by molar-refractivity contribution is -0.119. The van der Waals surface area contributed by atoms with Gasteiger partial charge < -0.3 is 0 Å². The first-order valence-electron chi connectivity index (χ1n) is 6.97. The van der Waals surface area contributed by atoms with E-state index in [1.165, 1.54) is 25.7 Å². The molecule has 0 amide bonds. The lowest BCUT2D eigenvalue weighted by Crippen LogP contribution is -2.16. The smallest absolute Gasteiger partial charge is 0.137 e. The van der Waals surface area contributed by atoms with Gasteiger partial charge in [0.1, 0.15) is 5.78 Å². The maximum absolute atomic E-state index is 12.1. The summed E-state index contributed by atoms with van der Waals surface area (Å²) in [7, 11) is 0. The van der Waals surface area contributed by atoms with Crippen LogP contribution in [0.2, 0.25) is 5.02 Å². The van der Waals surface area contributed by atoms with Crippen molar-refractivity contribution in [3.63, 3.8) is 0 Å². The van der Waals surface area contributed by atoms with Gasteiger partial charge in [-0.05, 0) is 54.7 Å². The molecule has 2 saturated carbocycles. The quantitative estimate of drug-likeness (QED) is 0.792. The molecule has 0 heterocycles. The van der Waals surface area contributed by atoms with Crippen molar-refractivity contribution in [2.24, 2.45) is 17.8 Å². The number of Topliss-reactive ketones (excluding diaryl/α,β-unsaturated/α-hetero) is 1. The van der Waals surface area contributed by atoms with E-state index >= 15 is 0 Å². The summed E-state index contributed by atoms with van der Waals surface area (Å²) in [6.07, 6.45) is 6.78. The molecule has 96 valence electrons. The number of benzene rings is 1. The number of rotatable bonds is 4. The Labute approximate surface area is 114 Å². The van der Waals surface area contributed by atoms with Gasteiger partial charge in [0, 0.05) is 17.9 Å². The van der Waals surface area contributed by atoms with Crippen molar-refractivity contribution in [1.29, 1.82) is 0 Å². The number of halogens is 1. The molecule has 3 rings (SSSR count). The minimum atomic E-state index is 0.384. The van der Waals surface area contributed by atoms with Crippen LogP contribution in [0.15, 0.2) is 24.3 Å². The van der Waals surface area contributed by atoms with Crippen molar-refractivity contribution in [3.05, 3.63) is 34.9 Å². The Morgan fingerprint density at radius 3 is 2.83 bits per heavy atom. The molecule has 0 radical (unpaired) electrons. The number of fused-ring (bicyclic) bond motifs is 2. The predicted molar refractivity (Wildman–Crippen MR) is 73.7 cm³/mol. The van der Waals surface area contributed by atoms with E-state index in [1.54, 1.807) is 0 Å². The van der Waals surface area contributed by atoms with Gasteiger partial charge >= 0.3 is 0 Å². The van der Waals surface area contributed by atoms with E-state index in [0.717, 1.165) is 28.8 Å². The zero-order chi connectivity index (χ0) is 12.5. The maximum atomic E-state index is 12.1. The molecule has 0 aliphatic heterocycles. The Morgan fingerprint density at radius 2 is 2.17 bits per heavy atom. The number of hydrogen-bond acceptors (Lipinski definition) is 1. The molecule has 2 heteroatoms. The fourth-order valence-electron chi connectivity index (χ4n) is 3.87. The Balaban J connectivity index is 1.56. The van der Waals surface area contributed by atoms with Crippen molar-refractivity contribution in [3.8, 4) is 0 Å². The van der Waals surface area contributed by atoms with Gasteiger partial charge in [0.15, 0.2) is 0 Å². The third kappa shape index (κ3) is 2.61. The number of carbonyl (C=O) groups excluding carboxylic acids is 1. The van der Waals surface area contributed by atoms with Crippen LogP contribution < -0.4 is 0 Å². The Morgan fingerprint density at radius 1 is 1.28 bits per heavy atom. The van der Waals surface area contributed by atoms with Gasteiger partial charge in [-0.3, -0.25) is 4.79 Å². The third-order valence-electron chi connectivity index (χ3n) is 4.66. The standard InChI is InChI=1S/C16H19ClO/c17-15-3-1-2-11(8-15)9-16(18)10-14-7-12-4-5-13(14)6-12/h1-3,8,12-14H,4-7,9-10H2. The average molecular weight is 263 g/mol. The van der Waals surface area contributed by atoms with Crippen LogP contribution in [0.25, 0.3) is 0 Å². The zero-order valence-electron chi connectivity index (χ0n) is 10.6. The van der Waals surface area contributed by atoms with Gasteiger partial charge in [0.2, 0.25) is 0 Å². The van der Waals surface area contributed by atoms with Crippen LogP contribution in [0.3, 0.4) is 0 Å². The van der Waals surface area contributed by atoms with E-state index in [0.29, 0.717) is 18.1 Å². The van der Waals surface area contributed by atoms with Crippen molar-refractivity contribution in [2.75, 3.05) is 0 Å². The minimum absolute atomic E-state index is 0.384. The van der Waals surface area contributed by atoms with E-state index in [1.807, 2.05) is 24.3 Å². The van der Waals surface area contributed by atoms with E-state index in [9.17, 15) is 4.79 Å². The van der Waals surface area contributed by atoms with E-state index < -0.39 is 0 Å². The maximum Gasteiger partial charge on any atom is 0.137 e. The highest BCUT2D eigenvalue weighted by molar-refractivity contribution is 6.30. The summed E-state index contributed by atoms with van der Waals surface area (Å²) in [6, 6.07) is 7.67. The van der Waals surface area contributed by atoms with Crippen LogP contribution in [0.4, 0.5) is 0 Å². The van der Waals surface area contributed by atoms with Crippen LogP contribution in [0.5, 0.6) is 0 Å². The molecule has 0 N–H and O–H groups in total. The van der Waals surface area contributed by atoms with Crippen LogP contribution in [-0.2, 0) is 11.2 Å². The van der Waals surface area contributed by atoms with Crippen LogP contribution >= 0.6 is 11.6 Å². The Kier molecular flexibility index (Phi) is 3.43. The molecule has 1 nitrogen and oxygen atoms in total. The summed E-state index contributed by atoms with van der Waals surface area (Å²) >= 11 is 5.94. The molecule has 2 aliphatic rings. The van der Waals surface area contributed by atoms with Crippen LogP contribution in [0.1, 0.15) is 37.7 Å². The van der Waals surface area contributed by atoms with E-state index in [-0.39, 0.29) is 0 Å². The van der Waals surface area contributed by atoms with E-state index in [4.69, 9.17) is 11.6 Å². The SMILES string of the molecule is O=C(Cc1cccc(Cl)c1)CC1CC2CCC1C2. The number of hydrogen-bond donors (Lipinski definition) is 0. The van der Waals surface area contributed by atoms with Gasteiger partial charge in [0.05, 0.1) is 0 Å². The van der Waals surface area contributed by atoms with Crippen molar-refractivity contribution in [1.82, 2.24) is 0 Å². The number of ketones is 1. The molecule has 3 unspecified atom stereocenters. The molecule has 1 aromatic carbocycles. The first kappa shape index (κ1) is 12.2. The molecule has 3 atom stereocenters. The largest absolute Gasteiger partial charge is 0.299 e. The van der Waals surface area contributed by atoms with Crippen LogP contribution in [-0.4, -0.2) is 5.78 Å². The first-order valence-corrected chi connectivity index (χ1v) is 7.34. The normalized spacial score (nSPS) is 29.7. The Bertz CT molecular complexity index is 454. The molecular formula is C16H19ClO. The van der Waals surface area contributed by atoms with Crippen molar-refractivity contribution < 1.29 is 4.79 Å². The highest BCUT2D eigenvalue weighted by atomic mass is 35.5. The monoisotopic (exact) mass is 262 g/mol. The van der Waals surface area contributed by atoms with Gasteiger partial charge in [-0.1, -0.05) is 30.2 Å². The van der Waals surface area contributed by atoms with Gasteiger partial charge in [-0.15, -0.1) is 0 Å². The second kappa shape index (κ2) is 5.05. The van der Waals surface area contributed by atoms with Gasteiger partial charge in [0.25, 0.3) is 0 Å². The average Bonchev–Trinajstić information content (AvgIpc) is 2.90. The fourth-order valence-corrected chi connectivity index (χ4v) is 4.08. The van der Waals surface area contributed by atoms with E-state index in [2.05, 4.69) is 0 Å². The summed E-state index contributed by atoms with van der Waals surface area (Å²) in [5.41, 5.74) is 1.05. The lowest BCUT2D eigenvalue weighted by Gasteiger charge is -2.20. The third-order valence-corrected chi connectivity index (χ3v) is 4.90. The molecule has 18 heavy (non-hydrogen) atoms. The first-order chi connectivity index (χ1) is 8.70. The molecule has 0 spiro atoms. The summed E-state index contributed by atoms with van der Waals surface area (Å²) in [5.74, 6) is 2.84. The molecule has 2 bridgehead atoms. The second-order valence-corrected chi connectivity index (χ2v) is 6.42. The van der Waals surface area contributed by atoms with Gasteiger partial charge in [-0.25, -0.2) is 0 Å². The molecule has 0 saturated heterocycles. The minimum Gasteiger partial charge on any atom is -0.299 e. The predicted octanol–water partition coefficient (Wildman–Crippen LogP) is 4.28. The fraction of sp³-hybridized carbons (Fsp3) is 0.562. The highest BCUT2D eigenvalue weighted by Crippen LogP contribution is 2.49. The van der Waals surface area contributed by atoms with Gasteiger partial charge in [-0.2, -0.15) is 0 Å². The summed E-state index contributed by atoms with van der Waals surface area (Å²) < 4.78 is 0. The summed E-state index contributed by atoms with van der Waals surface area (Å²) in [4.78, 5) is 12.1. The number of carbonyl (C=O) groups is 1. The summed E-state index contributed by atoms with van der Waals surface area (Å²) in [6.45, 7) is 0. The van der Waals surface area contributed by atoms with Crippen molar-refractivity contribution in [2.45, 2.75) is 38.5 Å². The Hall–Kier alpha value is -0.820. The summed E-state index contributed by atoms with van der Waals surface area (Å²) in [5, 5.41) is 0.722. The van der Waals surface area contributed by atoms with Crippen molar-refractivity contribution >= 4 is 17.4 Å². The molecule has 2 aliphatic carbocycles. The lowest BCUT2D eigenvalue weighted by atomic mass is 9.84.